The van der Waals surface area contributed by atoms with Crippen LogP contribution in [-0.2, 0) is 4.84 Å². The van der Waals surface area contributed by atoms with Gasteiger partial charge in [0.15, 0.2) is 0 Å². The van der Waals surface area contributed by atoms with E-state index in [1.807, 2.05) is 25.1 Å². The summed E-state index contributed by atoms with van der Waals surface area (Å²) in [6.45, 7) is 3.06. The largest absolute Gasteiger partial charge is 0.492 e. The summed E-state index contributed by atoms with van der Waals surface area (Å²) in [6.07, 6.45) is 1.93. The molecule has 2 rings (SSSR count). The van der Waals surface area contributed by atoms with Crippen LogP contribution in [0.4, 0.5) is 5.69 Å². The number of hydroxylamine groups is 1. The molecule has 0 aromatic heterocycles. The summed E-state index contributed by atoms with van der Waals surface area (Å²) in [4.78, 5) is 5.07. The van der Waals surface area contributed by atoms with Crippen LogP contribution in [0.3, 0.4) is 0 Å². The summed E-state index contributed by atoms with van der Waals surface area (Å²) in [7, 11) is 0. The van der Waals surface area contributed by atoms with E-state index < -0.39 is 0 Å². The Kier molecular flexibility index (Phi) is 3.36. The zero-order valence-corrected chi connectivity index (χ0v) is 10.5. The fourth-order valence-corrected chi connectivity index (χ4v) is 2.02. The van der Waals surface area contributed by atoms with Gasteiger partial charge in [-0.2, -0.15) is 0 Å². The SMILES string of the molecule is CCOc1c(Br)ccc(N)c1C1=CCON1. The summed E-state index contributed by atoms with van der Waals surface area (Å²) in [5, 5.41) is 0. The first-order valence-corrected chi connectivity index (χ1v) is 5.82. The van der Waals surface area contributed by atoms with Crippen LogP contribution in [0.5, 0.6) is 5.75 Å². The average molecular weight is 285 g/mol. The lowest BCUT2D eigenvalue weighted by atomic mass is 10.1. The zero-order valence-electron chi connectivity index (χ0n) is 8.92. The number of anilines is 1. The summed E-state index contributed by atoms with van der Waals surface area (Å²) in [5.74, 6) is 0.742. The molecule has 0 amide bonds. The highest BCUT2D eigenvalue weighted by Gasteiger charge is 2.18. The lowest BCUT2D eigenvalue weighted by Crippen LogP contribution is -2.09. The van der Waals surface area contributed by atoms with Gasteiger partial charge in [0, 0.05) is 5.69 Å². The highest BCUT2D eigenvalue weighted by Crippen LogP contribution is 2.37. The molecule has 1 aromatic carbocycles. The van der Waals surface area contributed by atoms with Crippen LogP contribution in [0.2, 0.25) is 0 Å². The van der Waals surface area contributed by atoms with Gasteiger partial charge in [-0.15, -0.1) is 0 Å². The molecule has 0 fully saturated rings. The van der Waals surface area contributed by atoms with Crippen molar-refractivity contribution in [1.82, 2.24) is 5.48 Å². The maximum atomic E-state index is 5.96. The van der Waals surface area contributed by atoms with Crippen molar-refractivity contribution in [2.45, 2.75) is 6.92 Å². The fraction of sp³-hybridized carbons (Fsp3) is 0.273. The number of hydrogen-bond acceptors (Lipinski definition) is 4. The van der Waals surface area contributed by atoms with Crippen molar-refractivity contribution >= 4 is 27.3 Å². The van der Waals surface area contributed by atoms with E-state index in [9.17, 15) is 0 Å². The van der Waals surface area contributed by atoms with E-state index >= 15 is 0 Å². The standard InChI is InChI=1S/C11H13BrN2O2/c1-2-15-11-7(12)3-4-8(13)10(11)9-5-6-16-14-9/h3-5,14H,2,6,13H2,1H3. The number of nitrogen functional groups attached to an aromatic ring is 1. The van der Waals surface area contributed by atoms with E-state index in [0.717, 1.165) is 21.5 Å². The predicted octanol–water partition coefficient (Wildman–Crippen LogP) is 2.31. The number of halogens is 1. The smallest absolute Gasteiger partial charge is 0.144 e. The number of hydrogen-bond donors (Lipinski definition) is 2. The molecule has 0 unspecified atom stereocenters. The molecule has 4 nitrogen and oxygen atoms in total. The molecular formula is C11H13BrN2O2. The van der Waals surface area contributed by atoms with Crippen LogP contribution < -0.4 is 16.0 Å². The van der Waals surface area contributed by atoms with Gasteiger partial charge in [0.1, 0.15) is 5.75 Å². The molecule has 1 aromatic rings. The van der Waals surface area contributed by atoms with Crippen LogP contribution >= 0.6 is 15.9 Å². The van der Waals surface area contributed by atoms with Gasteiger partial charge in [0.25, 0.3) is 0 Å². The van der Waals surface area contributed by atoms with Crippen molar-refractivity contribution in [3.8, 4) is 5.75 Å². The predicted molar refractivity (Wildman–Crippen MR) is 66.8 cm³/mol. The molecular weight excluding hydrogens is 272 g/mol. The summed E-state index contributed by atoms with van der Waals surface area (Å²) >= 11 is 3.45. The molecule has 0 saturated heterocycles. The second-order valence-electron chi connectivity index (χ2n) is 3.30. The minimum Gasteiger partial charge on any atom is -0.492 e. The molecule has 0 spiro atoms. The van der Waals surface area contributed by atoms with Gasteiger partial charge in [-0.05, 0) is 41.1 Å². The molecule has 0 radical (unpaired) electrons. The number of nitrogens with two attached hydrogens (primary N) is 1. The maximum absolute atomic E-state index is 5.96. The molecule has 16 heavy (non-hydrogen) atoms. The summed E-state index contributed by atoms with van der Waals surface area (Å²) in [5.41, 5.74) is 11.1. The van der Waals surface area contributed by atoms with Crippen molar-refractivity contribution in [3.05, 3.63) is 28.2 Å². The van der Waals surface area contributed by atoms with Gasteiger partial charge in [-0.3, -0.25) is 10.3 Å². The van der Waals surface area contributed by atoms with E-state index in [0.29, 0.717) is 18.9 Å². The Labute approximate surface area is 102 Å². The Morgan fingerprint density at radius 3 is 3.00 bits per heavy atom. The second-order valence-corrected chi connectivity index (χ2v) is 4.16. The second kappa shape index (κ2) is 4.76. The molecule has 0 atom stereocenters. The Bertz CT molecular complexity index is 432. The molecule has 3 N–H and O–H groups in total. The molecule has 5 heteroatoms. The van der Waals surface area contributed by atoms with E-state index in [2.05, 4.69) is 21.4 Å². The average Bonchev–Trinajstić information content (AvgIpc) is 2.77. The van der Waals surface area contributed by atoms with Gasteiger partial charge < -0.3 is 10.5 Å². The van der Waals surface area contributed by atoms with Crippen LogP contribution in [-0.4, -0.2) is 13.2 Å². The Balaban J connectivity index is 2.51. The molecule has 1 heterocycles. The maximum Gasteiger partial charge on any atom is 0.144 e. The Morgan fingerprint density at radius 1 is 1.56 bits per heavy atom. The molecule has 1 aliphatic rings. The quantitative estimate of drug-likeness (QED) is 0.837. The van der Waals surface area contributed by atoms with E-state index in [-0.39, 0.29) is 0 Å². The van der Waals surface area contributed by atoms with Crippen molar-refractivity contribution in [2.24, 2.45) is 0 Å². The van der Waals surface area contributed by atoms with E-state index in [1.165, 1.54) is 0 Å². The van der Waals surface area contributed by atoms with Crippen LogP contribution in [0.1, 0.15) is 12.5 Å². The third-order valence-electron chi connectivity index (χ3n) is 2.25. The molecule has 0 saturated carbocycles. The number of nitrogens with one attached hydrogen (secondary N) is 1. The van der Waals surface area contributed by atoms with Crippen molar-refractivity contribution in [1.29, 1.82) is 0 Å². The lowest BCUT2D eigenvalue weighted by Gasteiger charge is -2.15. The first-order chi connectivity index (χ1) is 7.74. The van der Waals surface area contributed by atoms with Crippen LogP contribution in [0.25, 0.3) is 5.70 Å². The number of ether oxygens (including phenoxy) is 1. The van der Waals surface area contributed by atoms with Gasteiger partial charge in [-0.25, -0.2) is 0 Å². The normalized spacial score (nSPS) is 14.5. The third kappa shape index (κ3) is 2.01. The topological polar surface area (TPSA) is 56.5 Å². The summed E-state index contributed by atoms with van der Waals surface area (Å²) in [6, 6.07) is 3.71. The third-order valence-corrected chi connectivity index (χ3v) is 2.88. The Hall–Kier alpha value is -1.20. The minimum atomic E-state index is 0.535. The highest BCUT2D eigenvalue weighted by atomic mass is 79.9. The van der Waals surface area contributed by atoms with Gasteiger partial charge in [-0.1, -0.05) is 0 Å². The van der Waals surface area contributed by atoms with Gasteiger partial charge in [0.05, 0.1) is 28.9 Å². The molecule has 1 aliphatic heterocycles. The Morgan fingerprint density at radius 2 is 2.38 bits per heavy atom. The van der Waals surface area contributed by atoms with Crippen molar-refractivity contribution < 1.29 is 9.57 Å². The fourth-order valence-electron chi connectivity index (χ4n) is 1.57. The van der Waals surface area contributed by atoms with Crippen LogP contribution in [0.15, 0.2) is 22.7 Å². The van der Waals surface area contributed by atoms with E-state index in [4.69, 9.17) is 15.3 Å². The number of benzene rings is 1. The lowest BCUT2D eigenvalue weighted by molar-refractivity contribution is 0.121. The monoisotopic (exact) mass is 284 g/mol. The molecule has 0 aliphatic carbocycles. The molecule has 86 valence electrons. The van der Waals surface area contributed by atoms with E-state index in [1.54, 1.807) is 0 Å². The van der Waals surface area contributed by atoms with Crippen LogP contribution in [0, 0.1) is 0 Å². The molecule has 0 bridgehead atoms. The van der Waals surface area contributed by atoms with Crippen molar-refractivity contribution in [3.63, 3.8) is 0 Å². The highest BCUT2D eigenvalue weighted by molar-refractivity contribution is 9.10. The van der Waals surface area contributed by atoms with Gasteiger partial charge >= 0.3 is 0 Å². The number of rotatable bonds is 3. The first kappa shape index (κ1) is 11.3. The minimum absolute atomic E-state index is 0.535. The summed E-state index contributed by atoms with van der Waals surface area (Å²) < 4.78 is 6.48. The zero-order chi connectivity index (χ0) is 11.5. The first-order valence-electron chi connectivity index (χ1n) is 5.03. The van der Waals surface area contributed by atoms with Crippen molar-refractivity contribution in [2.75, 3.05) is 18.9 Å². The van der Waals surface area contributed by atoms with Gasteiger partial charge in [0.2, 0.25) is 0 Å².